The summed E-state index contributed by atoms with van der Waals surface area (Å²) in [6.45, 7) is 1.74. The fraction of sp³-hybridized carbons (Fsp3) is 0.143. The predicted molar refractivity (Wildman–Crippen MR) is 147 cm³/mol. The van der Waals surface area contributed by atoms with Gasteiger partial charge in [0, 0.05) is 17.2 Å². The molecule has 1 amide bonds. The monoisotopic (exact) mass is 545 g/mol. The Balaban J connectivity index is 1.70. The van der Waals surface area contributed by atoms with E-state index in [0.29, 0.717) is 32.4 Å². The zero-order chi connectivity index (χ0) is 26.9. The van der Waals surface area contributed by atoms with Gasteiger partial charge in [-0.05, 0) is 37.3 Å². The maximum absolute atomic E-state index is 13.7. The van der Waals surface area contributed by atoms with Gasteiger partial charge in [0.15, 0.2) is 14.6 Å². The van der Waals surface area contributed by atoms with E-state index in [4.69, 9.17) is 9.72 Å². The minimum Gasteiger partial charge on any atom is -0.465 e. The number of aromatic nitrogens is 2. The van der Waals surface area contributed by atoms with Crippen LogP contribution in [0, 0.1) is 0 Å². The molecule has 0 aliphatic carbocycles. The molecule has 0 radical (unpaired) electrons. The number of carbonyl (C=O) groups excluding carboxylic acids is 2. The Morgan fingerprint density at radius 3 is 2.47 bits per heavy atom. The standard InChI is InChI=1S/C28H23N3O5S2/c1-3-36-26(32)17-31-24-14-13-19(38(2,34)35)15-25(24)37-28(31)30-27(33)21-16-23(18-9-5-4-6-10-18)29-22-12-8-7-11-20(21)22/h4-16H,3,17H2,1-2H3. The van der Waals surface area contributed by atoms with Crippen molar-refractivity contribution in [2.45, 2.75) is 18.4 Å². The number of sulfone groups is 1. The van der Waals surface area contributed by atoms with Gasteiger partial charge in [0.05, 0.1) is 38.5 Å². The van der Waals surface area contributed by atoms with Gasteiger partial charge in [-0.1, -0.05) is 59.9 Å². The molecule has 0 fully saturated rings. The predicted octanol–water partition coefficient (Wildman–Crippen LogP) is 4.63. The molecule has 3 aromatic carbocycles. The molecule has 0 spiro atoms. The summed E-state index contributed by atoms with van der Waals surface area (Å²) in [6.07, 6.45) is 1.13. The van der Waals surface area contributed by atoms with Gasteiger partial charge >= 0.3 is 5.97 Å². The molecule has 38 heavy (non-hydrogen) atoms. The first-order chi connectivity index (χ1) is 18.2. The van der Waals surface area contributed by atoms with Crippen molar-refractivity contribution in [1.29, 1.82) is 0 Å². The smallest absolute Gasteiger partial charge is 0.326 e. The summed E-state index contributed by atoms with van der Waals surface area (Å²) in [6, 6.07) is 23.2. The molecular formula is C28H23N3O5S2. The van der Waals surface area contributed by atoms with Crippen molar-refractivity contribution >= 4 is 54.2 Å². The first kappa shape index (κ1) is 25.5. The van der Waals surface area contributed by atoms with Crippen LogP contribution >= 0.6 is 11.3 Å². The van der Waals surface area contributed by atoms with Crippen LogP contribution in [-0.2, 0) is 25.9 Å². The molecule has 0 aliphatic rings. The van der Waals surface area contributed by atoms with Crippen LogP contribution in [0.5, 0.6) is 0 Å². The van der Waals surface area contributed by atoms with E-state index >= 15 is 0 Å². The van der Waals surface area contributed by atoms with Crippen LogP contribution in [0.25, 0.3) is 32.4 Å². The zero-order valence-electron chi connectivity index (χ0n) is 20.6. The Morgan fingerprint density at radius 1 is 1.00 bits per heavy atom. The lowest BCUT2D eigenvalue weighted by Gasteiger charge is -2.08. The number of thiazole rings is 1. The van der Waals surface area contributed by atoms with E-state index in [9.17, 15) is 18.0 Å². The van der Waals surface area contributed by atoms with Crippen LogP contribution in [-0.4, -0.2) is 42.7 Å². The van der Waals surface area contributed by atoms with Crippen molar-refractivity contribution in [1.82, 2.24) is 9.55 Å². The molecule has 0 aliphatic heterocycles. The SMILES string of the molecule is CCOC(=O)Cn1c(=NC(=O)c2cc(-c3ccccc3)nc3ccccc23)sc2cc(S(C)(=O)=O)ccc21. The summed E-state index contributed by atoms with van der Waals surface area (Å²) >= 11 is 1.13. The number of rotatable bonds is 6. The van der Waals surface area contributed by atoms with Gasteiger partial charge < -0.3 is 9.30 Å². The third-order valence-electron chi connectivity index (χ3n) is 5.89. The summed E-state index contributed by atoms with van der Waals surface area (Å²) in [5.41, 5.74) is 3.09. The highest BCUT2D eigenvalue weighted by atomic mass is 32.2. The van der Waals surface area contributed by atoms with E-state index in [-0.39, 0.29) is 22.8 Å². The molecule has 0 atom stereocenters. The Hall–Kier alpha value is -4.15. The maximum atomic E-state index is 13.7. The molecule has 5 aromatic rings. The second-order valence-corrected chi connectivity index (χ2v) is 11.6. The molecule has 10 heteroatoms. The zero-order valence-corrected chi connectivity index (χ0v) is 22.3. The summed E-state index contributed by atoms with van der Waals surface area (Å²) in [5.74, 6) is -0.998. The number of hydrogen-bond acceptors (Lipinski definition) is 7. The Bertz CT molecular complexity index is 1870. The Labute approximate surface area is 222 Å². The number of nitrogens with zero attached hydrogens (tertiary/aromatic N) is 3. The van der Waals surface area contributed by atoms with Crippen molar-refractivity contribution in [3.63, 3.8) is 0 Å². The number of hydrogen-bond donors (Lipinski definition) is 0. The third-order valence-corrected chi connectivity index (χ3v) is 8.04. The van der Waals surface area contributed by atoms with Crippen LogP contribution in [0.15, 0.2) is 88.8 Å². The first-order valence-corrected chi connectivity index (χ1v) is 14.5. The minimum absolute atomic E-state index is 0.139. The van der Waals surface area contributed by atoms with Gasteiger partial charge in [0.25, 0.3) is 5.91 Å². The number of esters is 1. The number of amides is 1. The maximum Gasteiger partial charge on any atom is 0.326 e. The van der Waals surface area contributed by atoms with Crippen molar-refractivity contribution in [3.8, 4) is 11.3 Å². The van der Waals surface area contributed by atoms with E-state index < -0.39 is 21.7 Å². The highest BCUT2D eigenvalue weighted by Gasteiger charge is 2.18. The molecule has 0 bridgehead atoms. The molecule has 8 nitrogen and oxygen atoms in total. The highest BCUT2D eigenvalue weighted by molar-refractivity contribution is 7.90. The topological polar surface area (TPSA) is 108 Å². The van der Waals surface area contributed by atoms with Crippen molar-refractivity contribution in [3.05, 3.63) is 89.2 Å². The second-order valence-electron chi connectivity index (χ2n) is 8.53. The van der Waals surface area contributed by atoms with Gasteiger partial charge in [0.1, 0.15) is 6.54 Å². The van der Waals surface area contributed by atoms with Gasteiger partial charge in [-0.2, -0.15) is 4.99 Å². The van der Waals surface area contributed by atoms with Crippen molar-refractivity contribution < 1.29 is 22.7 Å². The molecule has 2 heterocycles. The summed E-state index contributed by atoms with van der Waals surface area (Å²) in [4.78, 5) is 35.6. The molecular weight excluding hydrogens is 522 g/mol. The van der Waals surface area contributed by atoms with E-state index in [1.54, 1.807) is 23.6 Å². The first-order valence-electron chi connectivity index (χ1n) is 11.8. The number of carbonyl (C=O) groups is 2. The van der Waals surface area contributed by atoms with Crippen LogP contribution < -0.4 is 4.80 Å². The Kier molecular flexibility index (Phi) is 6.92. The van der Waals surface area contributed by atoms with Gasteiger partial charge in [0.2, 0.25) is 0 Å². The fourth-order valence-corrected chi connectivity index (χ4v) is 5.90. The molecule has 192 valence electrons. The van der Waals surface area contributed by atoms with Crippen molar-refractivity contribution in [2.75, 3.05) is 12.9 Å². The van der Waals surface area contributed by atoms with E-state index in [1.165, 1.54) is 12.1 Å². The normalized spacial score (nSPS) is 12.2. The van der Waals surface area contributed by atoms with E-state index in [0.717, 1.165) is 23.2 Å². The van der Waals surface area contributed by atoms with E-state index in [2.05, 4.69) is 4.99 Å². The van der Waals surface area contributed by atoms with Crippen molar-refractivity contribution in [2.24, 2.45) is 4.99 Å². The minimum atomic E-state index is -3.45. The van der Waals surface area contributed by atoms with Gasteiger partial charge in [-0.25, -0.2) is 13.4 Å². The summed E-state index contributed by atoms with van der Waals surface area (Å²) in [5, 5.41) is 0.651. The van der Waals surface area contributed by atoms with Crippen LogP contribution in [0.2, 0.25) is 0 Å². The molecule has 0 saturated carbocycles. The number of fused-ring (bicyclic) bond motifs is 2. The Morgan fingerprint density at radius 2 is 1.74 bits per heavy atom. The van der Waals surface area contributed by atoms with Gasteiger partial charge in [-0.3, -0.25) is 9.59 Å². The fourth-order valence-electron chi connectivity index (χ4n) is 4.11. The lowest BCUT2D eigenvalue weighted by atomic mass is 10.0. The number of pyridine rings is 1. The van der Waals surface area contributed by atoms with Crippen LogP contribution in [0.4, 0.5) is 0 Å². The molecule has 0 N–H and O–H groups in total. The molecule has 2 aromatic heterocycles. The van der Waals surface area contributed by atoms with Gasteiger partial charge in [-0.15, -0.1) is 0 Å². The van der Waals surface area contributed by atoms with Crippen LogP contribution in [0.3, 0.4) is 0 Å². The average molecular weight is 546 g/mol. The average Bonchev–Trinajstić information content (AvgIpc) is 3.23. The van der Waals surface area contributed by atoms with E-state index in [1.807, 2.05) is 54.6 Å². The number of benzene rings is 3. The third kappa shape index (κ3) is 5.13. The quantitative estimate of drug-likeness (QED) is 0.288. The highest BCUT2D eigenvalue weighted by Crippen LogP contribution is 2.26. The summed E-state index contributed by atoms with van der Waals surface area (Å²) < 4.78 is 31.5. The largest absolute Gasteiger partial charge is 0.465 e. The lowest BCUT2D eigenvalue weighted by Crippen LogP contribution is -2.23. The summed E-state index contributed by atoms with van der Waals surface area (Å²) in [7, 11) is -3.45. The molecule has 0 unspecified atom stereocenters. The molecule has 5 rings (SSSR count). The van der Waals surface area contributed by atoms with Crippen LogP contribution in [0.1, 0.15) is 17.3 Å². The number of para-hydroxylation sites is 1. The molecule has 0 saturated heterocycles. The lowest BCUT2D eigenvalue weighted by molar-refractivity contribution is -0.143. The second kappa shape index (κ2) is 10.3. The number of ether oxygens (including phenoxy) is 1.